The average molecular weight is 946 g/mol. The molecule has 0 saturated heterocycles. The second-order valence-electron chi connectivity index (χ2n) is 20.6. The Kier molecular flexibility index (Phi) is 55.2. The smallest absolute Gasteiger partial charge is 0.306 e. The lowest BCUT2D eigenvalue weighted by Crippen LogP contribution is -2.30. The van der Waals surface area contributed by atoms with Crippen LogP contribution in [-0.4, -0.2) is 37.2 Å². The molecule has 0 bridgehead atoms. The number of carbonyl (C=O) groups excluding carboxylic acids is 3. The maximum Gasteiger partial charge on any atom is 0.306 e. The summed E-state index contributed by atoms with van der Waals surface area (Å²) in [6.45, 7) is 6.62. The fourth-order valence-corrected chi connectivity index (χ4v) is 9.21. The van der Waals surface area contributed by atoms with Gasteiger partial charge in [-0.05, 0) is 44.9 Å². The number of rotatable bonds is 56. The van der Waals surface area contributed by atoms with Crippen molar-refractivity contribution in [1.29, 1.82) is 0 Å². The number of unbranched alkanes of at least 4 members (excludes halogenated alkanes) is 43. The summed E-state index contributed by atoms with van der Waals surface area (Å²) >= 11 is 0. The third kappa shape index (κ3) is 55.0. The molecule has 0 saturated carbocycles. The Bertz CT molecular complexity index is 1040. The molecule has 396 valence electrons. The summed E-state index contributed by atoms with van der Waals surface area (Å²) < 4.78 is 16.8. The molecule has 67 heavy (non-hydrogen) atoms. The quantitative estimate of drug-likeness (QED) is 0.0262. The van der Waals surface area contributed by atoms with Crippen LogP contribution >= 0.6 is 0 Å². The molecule has 0 aromatic carbocycles. The summed E-state index contributed by atoms with van der Waals surface area (Å²) in [6.07, 6.45) is 65.5. The van der Waals surface area contributed by atoms with E-state index in [1.807, 2.05) is 0 Å². The van der Waals surface area contributed by atoms with E-state index in [1.165, 1.54) is 238 Å². The molecule has 0 aliphatic rings. The van der Waals surface area contributed by atoms with E-state index in [0.717, 1.165) is 64.2 Å². The Morgan fingerprint density at radius 3 is 0.746 bits per heavy atom. The molecule has 0 heterocycles. The second kappa shape index (κ2) is 56.7. The highest BCUT2D eigenvalue weighted by Crippen LogP contribution is 2.18. The van der Waals surface area contributed by atoms with Crippen molar-refractivity contribution < 1.29 is 28.6 Å². The largest absolute Gasteiger partial charge is 0.462 e. The fraction of sp³-hybridized carbons (Fsp3) is 0.918. The Morgan fingerprint density at radius 1 is 0.284 bits per heavy atom. The lowest BCUT2D eigenvalue weighted by Gasteiger charge is -2.18. The molecule has 6 heteroatoms. The molecule has 6 nitrogen and oxygen atoms in total. The summed E-state index contributed by atoms with van der Waals surface area (Å²) in [5.74, 6) is -0.856. The first-order chi connectivity index (χ1) is 33.0. The molecule has 0 aromatic heterocycles. The summed E-state index contributed by atoms with van der Waals surface area (Å²) in [5.41, 5.74) is 0. The molecule has 1 unspecified atom stereocenters. The topological polar surface area (TPSA) is 78.9 Å². The predicted molar refractivity (Wildman–Crippen MR) is 289 cm³/mol. The molecule has 1 atom stereocenters. The van der Waals surface area contributed by atoms with Crippen LogP contribution in [0, 0.1) is 0 Å². The molecular formula is C61H116O6. The summed E-state index contributed by atoms with van der Waals surface area (Å²) in [6, 6.07) is 0. The van der Waals surface area contributed by atoms with Crippen molar-refractivity contribution >= 4 is 17.9 Å². The van der Waals surface area contributed by atoms with Gasteiger partial charge in [0, 0.05) is 19.3 Å². The molecule has 0 spiro atoms. The molecule has 0 rings (SSSR count). The minimum absolute atomic E-state index is 0.0651. The second-order valence-corrected chi connectivity index (χ2v) is 20.6. The minimum atomic E-state index is -0.762. The van der Waals surface area contributed by atoms with Gasteiger partial charge >= 0.3 is 17.9 Å². The van der Waals surface area contributed by atoms with Gasteiger partial charge in [-0.25, -0.2) is 0 Å². The van der Waals surface area contributed by atoms with Crippen LogP contribution < -0.4 is 0 Å². The number of allylic oxidation sites excluding steroid dienone is 2. The van der Waals surface area contributed by atoms with Crippen molar-refractivity contribution in [2.75, 3.05) is 13.2 Å². The molecule has 0 N–H and O–H groups in total. The average Bonchev–Trinajstić information content (AvgIpc) is 3.33. The minimum Gasteiger partial charge on any atom is -0.462 e. The highest BCUT2D eigenvalue weighted by Gasteiger charge is 2.19. The normalized spacial score (nSPS) is 12.0. The molecule has 0 aliphatic carbocycles. The van der Waals surface area contributed by atoms with Crippen LogP contribution in [0.15, 0.2) is 12.2 Å². The van der Waals surface area contributed by atoms with Gasteiger partial charge in [-0.2, -0.15) is 0 Å². The van der Waals surface area contributed by atoms with Gasteiger partial charge in [0.25, 0.3) is 0 Å². The molecule has 0 amide bonds. The van der Waals surface area contributed by atoms with E-state index in [9.17, 15) is 14.4 Å². The van der Waals surface area contributed by atoms with Gasteiger partial charge in [-0.1, -0.05) is 290 Å². The Balaban J connectivity index is 4.00. The van der Waals surface area contributed by atoms with Crippen LogP contribution in [0.5, 0.6) is 0 Å². The zero-order chi connectivity index (χ0) is 48.6. The van der Waals surface area contributed by atoms with Crippen molar-refractivity contribution in [3.05, 3.63) is 12.2 Å². The monoisotopic (exact) mass is 945 g/mol. The van der Waals surface area contributed by atoms with Crippen LogP contribution in [0.1, 0.15) is 342 Å². The van der Waals surface area contributed by atoms with Gasteiger partial charge in [0.05, 0.1) is 0 Å². The zero-order valence-electron chi connectivity index (χ0n) is 45.5. The van der Waals surface area contributed by atoms with Crippen LogP contribution in [-0.2, 0) is 28.6 Å². The lowest BCUT2D eigenvalue weighted by molar-refractivity contribution is -0.167. The molecule has 0 aliphatic heterocycles. The Morgan fingerprint density at radius 2 is 0.493 bits per heavy atom. The Labute approximate surface area is 418 Å². The number of hydrogen-bond donors (Lipinski definition) is 0. The summed E-state index contributed by atoms with van der Waals surface area (Å²) in [5, 5.41) is 0. The van der Waals surface area contributed by atoms with Crippen LogP contribution in [0.3, 0.4) is 0 Å². The van der Waals surface area contributed by atoms with Gasteiger partial charge in [0.2, 0.25) is 0 Å². The van der Waals surface area contributed by atoms with Gasteiger partial charge in [0.1, 0.15) is 13.2 Å². The van der Waals surface area contributed by atoms with Crippen molar-refractivity contribution in [3.63, 3.8) is 0 Å². The standard InChI is InChI=1S/C61H116O6/c1-4-7-10-13-15-17-19-21-23-25-27-28-29-30-31-32-34-35-37-39-41-43-45-48-51-54-60(63)66-57-58(56-65-59(62)53-50-47-12-9-6-3)67-61(64)55-52-49-46-44-42-40-38-36-33-26-24-22-20-18-16-14-11-8-5-2/h25,27,58H,4-24,26,28-57H2,1-3H3/b27-25-. The maximum atomic E-state index is 12.8. The van der Waals surface area contributed by atoms with Gasteiger partial charge in [-0.15, -0.1) is 0 Å². The van der Waals surface area contributed by atoms with E-state index in [-0.39, 0.29) is 31.1 Å². The van der Waals surface area contributed by atoms with E-state index in [2.05, 4.69) is 32.9 Å². The van der Waals surface area contributed by atoms with E-state index in [4.69, 9.17) is 14.2 Å². The Hall–Kier alpha value is -1.85. The van der Waals surface area contributed by atoms with Crippen LogP contribution in [0.2, 0.25) is 0 Å². The van der Waals surface area contributed by atoms with Gasteiger partial charge in [0.15, 0.2) is 6.10 Å². The number of hydrogen-bond acceptors (Lipinski definition) is 6. The fourth-order valence-electron chi connectivity index (χ4n) is 9.21. The van der Waals surface area contributed by atoms with Crippen molar-refractivity contribution in [3.8, 4) is 0 Å². The highest BCUT2D eigenvalue weighted by atomic mass is 16.6. The molecule has 0 fully saturated rings. The molecular weight excluding hydrogens is 829 g/mol. The van der Waals surface area contributed by atoms with E-state index in [0.29, 0.717) is 19.3 Å². The predicted octanol–water partition coefficient (Wildman–Crippen LogP) is 20.1. The third-order valence-electron chi connectivity index (χ3n) is 13.8. The van der Waals surface area contributed by atoms with Crippen molar-refractivity contribution in [2.45, 2.75) is 348 Å². The zero-order valence-corrected chi connectivity index (χ0v) is 45.5. The van der Waals surface area contributed by atoms with E-state index in [1.54, 1.807) is 0 Å². The number of carbonyl (C=O) groups is 3. The van der Waals surface area contributed by atoms with Crippen molar-refractivity contribution in [2.24, 2.45) is 0 Å². The van der Waals surface area contributed by atoms with Crippen LogP contribution in [0.25, 0.3) is 0 Å². The third-order valence-corrected chi connectivity index (χ3v) is 13.8. The first-order valence-corrected chi connectivity index (χ1v) is 30.2. The number of esters is 3. The van der Waals surface area contributed by atoms with Gasteiger partial charge < -0.3 is 14.2 Å². The molecule has 0 radical (unpaired) electrons. The first-order valence-electron chi connectivity index (χ1n) is 30.2. The van der Waals surface area contributed by atoms with E-state index < -0.39 is 6.10 Å². The van der Waals surface area contributed by atoms with Gasteiger partial charge in [-0.3, -0.25) is 14.4 Å². The summed E-state index contributed by atoms with van der Waals surface area (Å²) in [4.78, 5) is 37.8. The van der Waals surface area contributed by atoms with Crippen LogP contribution in [0.4, 0.5) is 0 Å². The SMILES string of the molecule is CCCCCCCCCC/C=C\CCCCCCCCCCCCCCCC(=O)OCC(COC(=O)CCCCCCC)OC(=O)CCCCCCCCCCCCCCCCCCCCC. The summed E-state index contributed by atoms with van der Waals surface area (Å²) in [7, 11) is 0. The highest BCUT2D eigenvalue weighted by molar-refractivity contribution is 5.71. The van der Waals surface area contributed by atoms with E-state index >= 15 is 0 Å². The lowest BCUT2D eigenvalue weighted by atomic mass is 10.0. The molecule has 0 aromatic rings. The van der Waals surface area contributed by atoms with Crippen molar-refractivity contribution in [1.82, 2.24) is 0 Å². The number of ether oxygens (including phenoxy) is 3. The maximum absolute atomic E-state index is 12.8. The first kappa shape index (κ1) is 65.1.